The molecule has 1 saturated carbocycles. The largest absolute Gasteiger partial charge is 0.380 e. The maximum absolute atomic E-state index is 5.65. The summed E-state index contributed by atoms with van der Waals surface area (Å²) in [5.74, 6) is 0. The normalized spacial score (nSPS) is 14.8. The molecule has 0 atom stereocenters. The van der Waals surface area contributed by atoms with Gasteiger partial charge in [0.25, 0.3) is 0 Å². The number of unbranched alkanes of at least 4 members (excludes halogenated alkanes) is 1. The van der Waals surface area contributed by atoms with Gasteiger partial charge in [-0.25, -0.2) is 0 Å². The number of aryl methyl sites for hydroxylation is 1. The van der Waals surface area contributed by atoms with Crippen molar-refractivity contribution in [3.63, 3.8) is 0 Å². The van der Waals surface area contributed by atoms with E-state index in [9.17, 15) is 0 Å². The van der Waals surface area contributed by atoms with Crippen molar-refractivity contribution in [2.24, 2.45) is 0 Å². The second kappa shape index (κ2) is 8.34. The molecule has 0 amide bonds. The molecule has 2 nitrogen and oxygen atoms in total. The zero-order valence-electron chi connectivity index (χ0n) is 12.2. The molecule has 0 saturated heterocycles. The third kappa shape index (κ3) is 6.22. The zero-order chi connectivity index (χ0) is 13.3. The molecular formula is C17H27NO. The molecule has 0 radical (unpaired) electrons. The minimum atomic E-state index is 0.791. The third-order valence-electron chi connectivity index (χ3n) is 3.63. The van der Waals surface area contributed by atoms with Crippen molar-refractivity contribution in [3.8, 4) is 0 Å². The average Bonchev–Trinajstić information content (AvgIpc) is 3.26. The smallest absolute Gasteiger partial charge is 0.0591 e. The van der Waals surface area contributed by atoms with Crippen LogP contribution < -0.4 is 5.32 Å². The Labute approximate surface area is 117 Å². The molecule has 0 aliphatic heterocycles. The summed E-state index contributed by atoms with van der Waals surface area (Å²) in [4.78, 5) is 0. The summed E-state index contributed by atoms with van der Waals surface area (Å²) in [6.45, 7) is 4.91. The van der Waals surface area contributed by atoms with Gasteiger partial charge in [0.2, 0.25) is 0 Å². The van der Waals surface area contributed by atoms with E-state index in [1.54, 1.807) is 0 Å². The number of hydrogen-bond acceptors (Lipinski definition) is 2. The van der Waals surface area contributed by atoms with Crippen molar-refractivity contribution in [2.75, 3.05) is 19.8 Å². The van der Waals surface area contributed by atoms with Crippen molar-refractivity contribution in [1.82, 2.24) is 5.32 Å². The van der Waals surface area contributed by atoms with Gasteiger partial charge in [-0.05, 0) is 43.2 Å². The third-order valence-corrected chi connectivity index (χ3v) is 3.63. The Kier molecular flexibility index (Phi) is 6.38. The van der Waals surface area contributed by atoms with Crippen molar-refractivity contribution < 1.29 is 4.74 Å². The quantitative estimate of drug-likeness (QED) is 0.652. The molecule has 1 aliphatic rings. The van der Waals surface area contributed by atoms with Crippen LogP contribution in [0.15, 0.2) is 24.3 Å². The number of hydrogen-bond donors (Lipinski definition) is 1. The second-order valence-corrected chi connectivity index (χ2v) is 5.51. The van der Waals surface area contributed by atoms with E-state index in [0.29, 0.717) is 0 Å². The van der Waals surface area contributed by atoms with Crippen LogP contribution in [0, 0.1) is 0 Å². The second-order valence-electron chi connectivity index (χ2n) is 5.51. The van der Waals surface area contributed by atoms with Crippen LogP contribution in [0.3, 0.4) is 0 Å². The summed E-state index contributed by atoms with van der Waals surface area (Å²) in [5, 5.41) is 3.46. The Balaban J connectivity index is 1.54. The first-order valence-electron chi connectivity index (χ1n) is 7.77. The van der Waals surface area contributed by atoms with Crippen LogP contribution in [-0.4, -0.2) is 25.8 Å². The van der Waals surface area contributed by atoms with E-state index in [1.165, 1.54) is 43.2 Å². The fraction of sp³-hybridized carbons (Fsp3) is 0.647. The van der Waals surface area contributed by atoms with Gasteiger partial charge in [0.15, 0.2) is 0 Å². The lowest BCUT2D eigenvalue weighted by atomic mass is 10.1. The van der Waals surface area contributed by atoms with Crippen LogP contribution in [0.25, 0.3) is 0 Å². The fourth-order valence-electron chi connectivity index (χ4n) is 2.17. The summed E-state index contributed by atoms with van der Waals surface area (Å²) in [6, 6.07) is 9.81. The van der Waals surface area contributed by atoms with E-state index in [-0.39, 0.29) is 0 Å². The minimum Gasteiger partial charge on any atom is -0.380 e. The molecule has 1 aromatic rings. The van der Waals surface area contributed by atoms with E-state index in [4.69, 9.17) is 4.74 Å². The van der Waals surface area contributed by atoms with Crippen molar-refractivity contribution in [3.05, 3.63) is 35.4 Å². The summed E-state index contributed by atoms with van der Waals surface area (Å²) in [5.41, 5.74) is 2.84. The summed E-state index contributed by atoms with van der Waals surface area (Å²) >= 11 is 0. The molecule has 0 aromatic heterocycles. The van der Waals surface area contributed by atoms with Gasteiger partial charge >= 0.3 is 0 Å². The molecule has 0 unspecified atom stereocenters. The monoisotopic (exact) mass is 261 g/mol. The Morgan fingerprint density at radius 2 is 1.74 bits per heavy atom. The topological polar surface area (TPSA) is 21.3 Å². The molecule has 19 heavy (non-hydrogen) atoms. The highest BCUT2D eigenvalue weighted by Crippen LogP contribution is 2.17. The van der Waals surface area contributed by atoms with Crippen molar-refractivity contribution >= 4 is 0 Å². The standard InChI is InChI=1S/C17H27NO/c1-2-3-4-15-5-7-16(8-6-15)11-13-19-14-12-18-17-9-10-17/h5-8,17-18H,2-4,9-14H2,1H3. The van der Waals surface area contributed by atoms with Gasteiger partial charge in [0.1, 0.15) is 0 Å². The lowest BCUT2D eigenvalue weighted by Crippen LogP contribution is -2.22. The SMILES string of the molecule is CCCCc1ccc(CCOCCNC2CC2)cc1. The predicted molar refractivity (Wildman–Crippen MR) is 80.6 cm³/mol. The van der Waals surface area contributed by atoms with E-state index in [1.807, 2.05) is 0 Å². The summed E-state index contributed by atoms with van der Waals surface area (Å²) in [7, 11) is 0. The van der Waals surface area contributed by atoms with E-state index >= 15 is 0 Å². The van der Waals surface area contributed by atoms with Crippen molar-refractivity contribution in [1.29, 1.82) is 0 Å². The first-order valence-corrected chi connectivity index (χ1v) is 7.77. The maximum atomic E-state index is 5.65. The van der Waals surface area contributed by atoms with Gasteiger partial charge in [0, 0.05) is 12.6 Å². The first-order chi connectivity index (χ1) is 9.38. The lowest BCUT2D eigenvalue weighted by molar-refractivity contribution is 0.138. The van der Waals surface area contributed by atoms with Crippen LogP contribution in [0.2, 0.25) is 0 Å². The van der Waals surface area contributed by atoms with Crippen LogP contribution in [0.4, 0.5) is 0 Å². The molecule has 106 valence electrons. The molecule has 0 heterocycles. The van der Waals surface area contributed by atoms with Gasteiger partial charge in [0.05, 0.1) is 13.2 Å². The summed E-state index contributed by atoms with van der Waals surface area (Å²) in [6.07, 6.45) is 7.49. The van der Waals surface area contributed by atoms with Gasteiger partial charge in [-0.15, -0.1) is 0 Å². The van der Waals surface area contributed by atoms with Crippen LogP contribution >= 0.6 is 0 Å². The van der Waals surface area contributed by atoms with E-state index in [0.717, 1.165) is 32.2 Å². The lowest BCUT2D eigenvalue weighted by Gasteiger charge is -2.06. The Hall–Kier alpha value is -0.860. The van der Waals surface area contributed by atoms with Crippen LogP contribution in [0.5, 0.6) is 0 Å². The number of nitrogens with one attached hydrogen (secondary N) is 1. The van der Waals surface area contributed by atoms with E-state index < -0.39 is 0 Å². The Morgan fingerprint density at radius 3 is 2.37 bits per heavy atom. The molecule has 1 aliphatic carbocycles. The molecule has 1 N–H and O–H groups in total. The minimum absolute atomic E-state index is 0.791. The van der Waals surface area contributed by atoms with E-state index in [2.05, 4.69) is 36.5 Å². The molecule has 0 spiro atoms. The highest BCUT2D eigenvalue weighted by atomic mass is 16.5. The van der Waals surface area contributed by atoms with Gasteiger partial charge < -0.3 is 10.1 Å². The summed E-state index contributed by atoms with van der Waals surface area (Å²) < 4.78 is 5.65. The molecule has 2 rings (SSSR count). The molecule has 0 bridgehead atoms. The number of ether oxygens (including phenoxy) is 1. The van der Waals surface area contributed by atoms with Crippen LogP contribution in [0.1, 0.15) is 43.7 Å². The molecular weight excluding hydrogens is 234 g/mol. The highest BCUT2D eigenvalue weighted by molar-refractivity contribution is 5.22. The number of benzene rings is 1. The highest BCUT2D eigenvalue weighted by Gasteiger charge is 2.19. The van der Waals surface area contributed by atoms with Gasteiger partial charge in [-0.1, -0.05) is 37.6 Å². The van der Waals surface area contributed by atoms with Gasteiger partial charge in [-0.2, -0.15) is 0 Å². The zero-order valence-corrected chi connectivity index (χ0v) is 12.2. The molecule has 1 aromatic carbocycles. The molecule has 1 fully saturated rings. The average molecular weight is 261 g/mol. The Bertz CT molecular complexity index is 343. The van der Waals surface area contributed by atoms with Gasteiger partial charge in [-0.3, -0.25) is 0 Å². The Morgan fingerprint density at radius 1 is 1.05 bits per heavy atom. The molecule has 2 heteroatoms. The number of rotatable bonds is 10. The van der Waals surface area contributed by atoms with Crippen molar-refractivity contribution in [2.45, 2.75) is 51.5 Å². The van der Waals surface area contributed by atoms with Crippen LogP contribution in [-0.2, 0) is 17.6 Å². The fourth-order valence-corrected chi connectivity index (χ4v) is 2.17. The first kappa shape index (κ1) is 14.5. The maximum Gasteiger partial charge on any atom is 0.0591 e. The predicted octanol–water partition coefficient (Wildman–Crippen LogP) is 3.34.